The van der Waals surface area contributed by atoms with Gasteiger partial charge in [0.1, 0.15) is 0 Å². The van der Waals surface area contributed by atoms with Crippen molar-refractivity contribution in [3.05, 3.63) is 35.9 Å². The summed E-state index contributed by atoms with van der Waals surface area (Å²) in [5.74, 6) is -4.49. The number of ether oxygens (including phenoxy) is 5. The summed E-state index contributed by atoms with van der Waals surface area (Å²) in [5.41, 5.74) is 1.07. The van der Waals surface area contributed by atoms with E-state index in [0.717, 1.165) is 5.56 Å². The Morgan fingerprint density at radius 1 is 0.686 bits per heavy atom. The normalized spacial score (nSPS) is 10.9. The number of benzene rings is 1. The molecular weight excluding hydrogens is 458 g/mol. The van der Waals surface area contributed by atoms with Crippen LogP contribution in [0.4, 0.5) is 0 Å². The third-order valence-electron chi connectivity index (χ3n) is 5.54. The molecule has 0 saturated carbocycles. The summed E-state index contributed by atoms with van der Waals surface area (Å²) in [4.78, 5) is 49.8. The van der Waals surface area contributed by atoms with Crippen LogP contribution in [0.5, 0.6) is 0 Å². The van der Waals surface area contributed by atoms with Gasteiger partial charge in [0.05, 0.1) is 41.7 Å². The lowest BCUT2D eigenvalue weighted by molar-refractivity contribution is -0.160. The Hall–Kier alpha value is -2.98. The predicted octanol–water partition coefficient (Wildman–Crippen LogP) is 1.99. The van der Waals surface area contributed by atoms with E-state index in [0.29, 0.717) is 45.7 Å². The third kappa shape index (κ3) is 11.3. The van der Waals surface area contributed by atoms with Gasteiger partial charge in [0.25, 0.3) is 0 Å². The van der Waals surface area contributed by atoms with Crippen LogP contribution in [0, 0.1) is 11.8 Å². The molecule has 1 aromatic rings. The number of hydrogen-bond acceptors (Lipinski definition) is 10. The predicted molar refractivity (Wildman–Crippen MR) is 126 cm³/mol. The lowest BCUT2D eigenvalue weighted by Gasteiger charge is -2.23. The van der Waals surface area contributed by atoms with Gasteiger partial charge in [0, 0.05) is 6.54 Å². The van der Waals surface area contributed by atoms with Gasteiger partial charge in [-0.05, 0) is 44.3 Å². The van der Waals surface area contributed by atoms with Gasteiger partial charge < -0.3 is 28.6 Å². The monoisotopic (exact) mass is 495 g/mol. The van der Waals surface area contributed by atoms with Crippen LogP contribution >= 0.6 is 0 Å². The smallest absolute Gasteiger partial charge is 0.320 e. The lowest BCUT2D eigenvalue weighted by atomic mass is 10.0. The minimum Gasteiger partial charge on any atom is -0.468 e. The molecule has 10 heteroatoms. The first-order valence-corrected chi connectivity index (χ1v) is 11.5. The average Bonchev–Trinajstić information content (AvgIpc) is 2.89. The second-order valence-corrected chi connectivity index (χ2v) is 7.86. The Morgan fingerprint density at radius 3 is 1.51 bits per heavy atom. The Kier molecular flexibility index (Phi) is 15.0. The van der Waals surface area contributed by atoms with Crippen LogP contribution in [0.15, 0.2) is 30.3 Å². The van der Waals surface area contributed by atoms with Crippen LogP contribution in [0.25, 0.3) is 0 Å². The SMILES string of the molecule is COC(=O)C(CCCN(CCCC(C(=O)OC)C(=O)OC)CCOCc1ccccc1)C(=O)OC. The highest BCUT2D eigenvalue weighted by Crippen LogP contribution is 2.14. The number of nitrogens with zero attached hydrogens (tertiary/aromatic N) is 1. The molecule has 0 saturated heterocycles. The second-order valence-electron chi connectivity index (χ2n) is 7.86. The summed E-state index contributed by atoms with van der Waals surface area (Å²) in [7, 11) is 4.92. The lowest BCUT2D eigenvalue weighted by Crippen LogP contribution is -2.33. The van der Waals surface area contributed by atoms with E-state index in [1.165, 1.54) is 28.4 Å². The topological polar surface area (TPSA) is 118 Å². The van der Waals surface area contributed by atoms with E-state index in [1.54, 1.807) is 0 Å². The summed E-state index contributed by atoms with van der Waals surface area (Å²) in [5, 5.41) is 0. The number of esters is 4. The van der Waals surface area contributed by atoms with Gasteiger partial charge in [-0.1, -0.05) is 30.3 Å². The van der Waals surface area contributed by atoms with Crippen LogP contribution in [0.2, 0.25) is 0 Å². The van der Waals surface area contributed by atoms with E-state index in [2.05, 4.69) is 4.90 Å². The summed E-state index contributed by atoms with van der Waals surface area (Å²) in [6.45, 7) is 2.67. The van der Waals surface area contributed by atoms with Crippen molar-refractivity contribution in [3.63, 3.8) is 0 Å². The van der Waals surface area contributed by atoms with Gasteiger partial charge in [-0.25, -0.2) is 0 Å². The Balaban J connectivity index is 2.67. The van der Waals surface area contributed by atoms with E-state index >= 15 is 0 Å². The van der Waals surface area contributed by atoms with Crippen molar-refractivity contribution in [2.24, 2.45) is 11.8 Å². The van der Waals surface area contributed by atoms with Gasteiger partial charge in [0.15, 0.2) is 11.8 Å². The van der Waals surface area contributed by atoms with Crippen LogP contribution in [-0.2, 0) is 49.5 Å². The molecule has 1 rings (SSSR count). The zero-order chi connectivity index (χ0) is 26.1. The maximum absolute atomic E-state index is 11.9. The Bertz CT molecular complexity index is 710. The fourth-order valence-corrected chi connectivity index (χ4v) is 3.56. The fourth-order valence-electron chi connectivity index (χ4n) is 3.56. The van der Waals surface area contributed by atoms with Crippen molar-refractivity contribution >= 4 is 23.9 Å². The molecule has 0 aliphatic rings. The minimum absolute atomic E-state index is 0.271. The molecule has 0 radical (unpaired) electrons. The summed E-state index contributed by atoms with van der Waals surface area (Å²) < 4.78 is 24.6. The number of carbonyl (C=O) groups excluding carboxylic acids is 4. The molecule has 35 heavy (non-hydrogen) atoms. The van der Waals surface area contributed by atoms with Gasteiger partial charge in [0.2, 0.25) is 0 Å². The summed E-state index contributed by atoms with van der Waals surface area (Å²) in [6, 6.07) is 9.80. The Labute approximate surface area is 206 Å². The third-order valence-corrected chi connectivity index (χ3v) is 5.54. The zero-order valence-corrected chi connectivity index (χ0v) is 21.0. The minimum atomic E-state index is -0.982. The van der Waals surface area contributed by atoms with E-state index in [4.69, 9.17) is 23.7 Å². The molecule has 0 aromatic heterocycles. The molecule has 1 aromatic carbocycles. The molecule has 0 heterocycles. The molecule has 0 atom stereocenters. The van der Waals surface area contributed by atoms with E-state index in [-0.39, 0.29) is 12.8 Å². The van der Waals surface area contributed by atoms with E-state index < -0.39 is 35.7 Å². The number of carbonyl (C=O) groups is 4. The van der Waals surface area contributed by atoms with Crippen molar-refractivity contribution in [1.82, 2.24) is 4.90 Å². The molecule has 0 spiro atoms. The standard InChI is InChI=1S/C25H37NO9/c1-31-22(27)20(23(28)32-2)12-8-14-26(16-17-35-18-19-10-6-5-7-11-19)15-9-13-21(24(29)33-3)25(30)34-4/h5-7,10-11,20-21H,8-9,12-18H2,1-4H3. The average molecular weight is 496 g/mol. The molecule has 0 aliphatic heterocycles. The fraction of sp³-hybridized carbons (Fsp3) is 0.600. The van der Waals surface area contributed by atoms with Gasteiger partial charge in [-0.15, -0.1) is 0 Å². The van der Waals surface area contributed by atoms with Crippen LogP contribution < -0.4 is 0 Å². The summed E-state index contributed by atoms with van der Waals surface area (Å²) >= 11 is 0. The van der Waals surface area contributed by atoms with Gasteiger partial charge in [-0.2, -0.15) is 0 Å². The van der Waals surface area contributed by atoms with Crippen molar-refractivity contribution < 1.29 is 42.9 Å². The molecule has 0 bridgehead atoms. The zero-order valence-electron chi connectivity index (χ0n) is 21.0. The molecule has 0 fully saturated rings. The van der Waals surface area contributed by atoms with Crippen LogP contribution in [0.1, 0.15) is 31.2 Å². The molecule has 10 nitrogen and oxygen atoms in total. The van der Waals surface area contributed by atoms with Crippen LogP contribution in [-0.4, -0.2) is 83.5 Å². The number of hydrogen-bond donors (Lipinski definition) is 0. The van der Waals surface area contributed by atoms with Crippen molar-refractivity contribution in [2.75, 3.05) is 54.7 Å². The van der Waals surface area contributed by atoms with Crippen molar-refractivity contribution in [2.45, 2.75) is 32.3 Å². The molecular formula is C25H37NO9. The number of rotatable bonds is 17. The first-order chi connectivity index (χ1) is 16.9. The highest BCUT2D eigenvalue weighted by Gasteiger charge is 2.29. The molecule has 0 N–H and O–H groups in total. The molecule has 0 amide bonds. The first kappa shape index (κ1) is 30.1. The van der Waals surface area contributed by atoms with Crippen molar-refractivity contribution in [1.29, 1.82) is 0 Å². The van der Waals surface area contributed by atoms with Gasteiger partial charge in [-0.3, -0.25) is 19.2 Å². The van der Waals surface area contributed by atoms with Crippen molar-refractivity contribution in [3.8, 4) is 0 Å². The van der Waals surface area contributed by atoms with Gasteiger partial charge >= 0.3 is 23.9 Å². The van der Waals surface area contributed by atoms with E-state index in [1.807, 2.05) is 30.3 Å². The maximum atomic E-state index is 11.9. The maximum Gasteiger partial charge on any atom is 0.320 e. The second kappa shape index (κ2) is 17.5. The summed E-state index contributed by atoms with van der Waals surface area (Å²) in [6.07, 6.45) is 1.61. The molecule has 196 valence electrons. The van der Waals surface area contributed by atoms with Crippen LogP contribution in [0.3, 0.4) is 0 Å². The highest BCUT2D eigenvalue weighted by molar-refractivity contribution is 5.95. The van der Waals surface area contributed by atoms with E-state index in [9.17, 15) is 19.2 Å². The molecule has 0 aliphatic carbocycles. The number of methoxy groups -OCH3 is 4. The molecule has 0 unspecified atom stereocenters. The first-order valence-electron chi connectivity index (χ1n) is 11.5. The highest BCUT2D eigenvalue weighted by atomic mass is 16.5. The largest absolute Gasteiger partial charge is 0.468 e. The Morgan fingerprint density at radius 2 is 1.11 bits per heavy atom. The quantitative estimate of drug-likeness (QED) is 0.137.